The molecule has 0 aromatic carbocycles. The average molecular weight is 285 g/mol. The number of fused-ring (bicyclic) bond motifs is 1. The van der Waals surface area contributed by atoms with E-state index in [9.17, 15) is 10.1 Å². The van der Waals surface area contributed by atoms with Crippen LogP contribution in [0.4, 0.5) is 0 Å². The lowest BCUT2D eigenvalue weighted by Gasteiger charge is -2.07. The summed E-state index contributed by atoms with van der Waals surface area (Å²) in [5.74, 6) is 0.834. The van der Waals surface area contributed by atoms with E-state index in [0.717, 1.165) is 0 Å². The van der Waals surface area contributed by atoms with E-state index in [4.69, 9.17) is 9.47 Å². The van der Waals surface area contributed by atoms with Gasteiger partial charge in [0, 0.05) is 19.2 Å². The van der Waals surface area contributed by atoms with Crippen LogP contribution >= 0.6 is 0 Å². The molecule has 0 spiro atoms. The number of aromatic nitrogens is 2. The van der Waals surface area contributed by atoms with Gasteiger partial charge < -0.3 is 13.9 Å². The number of carbonyl (C=O) groups is 1. The predicted octanol–water partition coefficient (Wildman–Crippen LogP) is 2.06. The SMILES string of the molecule is CC(=O)OCc1cn2cc(OCC3CC3)c(C#N)cc2n1. The Hall–Kier alpha value is -2.55. The van der Waals surface area contributed by atoms with Crippen molar-refractivity contribution in [1.82, 2.24) is 9.38 Å². The standard InChI is InChI=1S/C15H15N3O3/c1-10(19)20-9-13-6-18-7-14(21-8-11-2-3-11)12(5-16)4-15(18)17-13/h4,6-7,11H,2-3,8-9H2,1H3. The lowest BCUT2D eigenvalue weighted by atomic mass is 10.2. The summed E-state index contributed by atoms with van der Waals surface area (Å²) in [6, 6.07) is 3.81. The van der Waals surface area contributed by atoms with E-state index < -0.39 is 0 Å². The Bertz CT molecular complexity index is 726. The number of ether oxygens (including phenoxy) is 2. The van der Waals surface area contributed by atoms with Crippen molar-refractivity contribution < 1.29 is 14.3 Å². The Morgan fingerprint density at radius 2 is 2.33 bits per heavy atom. The molecule has 0 radical (unpaired) electrons. The molecule has 6 nitrogen and oxygen atoms in total. The van der Waals surface area contributed by atoms with Crippen molar-refractivity contribution in [1.29, 1.82) is 5.26 Å². The van der Waals surface area contributed by atoms with Crippen LogP contribution < -0.4 is 4.74 Å². The lowest BCUT2D eigenvalue weighted by Crippen LogP contribution is -2.02. The third-order valence-corrected chi connectivity index (χ3v) is 3.32. The maximum Gasteiger partial charge on any atom is 0.303 e. The molecule has 0 saturated heterocycles. The van der Waals surface area contributed by atoms with Crippen LogP contribution in [0.15, 0.2) is 18.5 Å². The number of nitrogens with zero attached hydrogens (tertiary/aromatic N) is 3. The zero-order valence-corrected chi connectivity index (χ0v) is 11.7. The molecule has 3 rings (SSSR count). The van der Waals surface area contributed by atoms with Crippen LogP contribution in [-0.2, 0) is 16.1 Å². The summed E-state index contributed by atoms with van der Waals surface area (Å²) in [5.41, 5.74) is 1.73. The number of pyridine rings is 1. The maximum atomic E-state index is 10.8. The first-order chi connectivity index (χ1) is 10.2. The fourth-order valence-electron chi connectivity index (χ4n) is 2.01. The van der Waals surface area contributed by atoms with Crippen LogP contribution in [0, 0.1) is 17.2 Å². The highest BCUT2D eigenvalue weighted by molar-refractivity contribution is 5.65. The molecule has 1 fully saturated rings. The summed E-state index contributed by atoms with van der Waals surface area (Å²) < 4.78 is 12.4. The fourth-order valence-corrected chi connectivity index (χ4v) is 2.01. The Morgan fingerprint density at radius 3 is 3.00 bits per heavy atom. The Morgan fingerprint density at radius 1 is 1.52 bits per heavy atom. The number of carbonyl (C=O) groups excluding carboxylic acids is 1. The molecule has 1 aliphatic rings. The van der Waals surface area contributed by atoms with Crippen molar-refractivity contribution in [2.75, 3.05) is 6.61 Å². The van der Waals surface area contributed by atoms with Crippen LogP contribution in [0.25, 0.3) is 5.65 Å². The molecular weight excluding hydrogens is 270 g/mol. The van der Waals surface area contributed by atoms with E-state index in [-0.39, 0.29) is 12.6 Å². The zero-order chi connectivity index (χ0) is 14.8. The molecule has 2 aromatic heterocycles. The molecule has 1 saturated carbocycles. The van der Waals surface area contributed by atoms with Crippen molar-refractivity contribution in [2.24, 2.45) is 5.92 Å². The Kier molecular flexibility index (Phi) is 3.48. The molecule has 0 amide bonds. The highest BCUT2D eigenvalue weighted by atomic mass is 16.5. The van der Waals surface area contributed by atoms with E-state index in [0.29, 0.717) is 35.2 Å². The van der Waals surface area contributed by atoms with Crippen molar-refractivity contribution in [3.05, 3.63) is 29.7 Å². The first kappa shape index (κ1) is 13.4. The third kappa shape index (κ3) is 3.14. The number of imidazole rings is 1. The first-order valence-electron chi connectivity index (χ1n) is 6.83. The maximum absolute atomic E-state index is 10.8. The summed E-state index contributed by atoms with van der Waals surface area (Å²) >= 11 is 0. The van der Waals surface area contributed by atoms with Crippen molar-refractivity contribution in [2.45, 2.75) is 26.4 Å². The molecule has 6 heteroatoms. The molecule has 0 bridgehead atoms. The summed E-state index contributed by atoms with van der Waals surface area (Å²) in [7, 11) is 0. The first-order valence-corrected chi connectivity index (χ1v) is 6.83. The molecule has 2 aromatic rings. The molecule has 0 unspecified atom stereocenters. The Labute approximate surface area is 121 Å². The molecule has 108 valence electrons. The van der Waals surface area contributed by atoms with Crippen LogP contribution in [-0.4, -0.2) is 22.0 Å². The zero-order valence-electron chi connectivity index (χ0n) is 11.7. The normalized spacial score (nSPS) is 13.9. The number of esters is 1. The number of nitriles is 1. The van der Waals surface area contributed by atoms with Gasteiger partial charge in [0.05, 0.1) is 24.1 Å². The van der Waals surface area contributed by atoms with E-state index in [1.165, 1.54) is 19.8 Å². The van der Waals surface area contributed by atoms with Gasteiger partial charge in [-0.15, -0.1) is 0 Å². The van der Waals surface area contributed by atoms with Crippen LogP contribution in [0.3, 0.4) is 0 Å². The Balaban J connectivity index is 1.85. The number of rotatable bonds is 5. The fraction of sp³-hybridized carbons (Fsp3) is 0.400. The van der Waals surface area contributed by atoms with Gasteiger partial charge in [-0.2, -0.15) is 5.26 Å². The van der Waals surface area contributed by atoms with Gasteiger partial charge in [-0.05, 0) is 18.8 Å². The smallest absolute Gasteiger partial charge is 0.303 e. The van der Waals surface area contributed by atoms with Crippen LogP contribution in [0.5, 0.6) is 5.75 Å². The lowest BCUT2D eigenvalue weighted by molar-refractivity contribution is -0.142. The summed E-state index contributed by atoms with van der Waals surface area (Å²) in [6.07, 6.45) is 5.91. The number of hydrogen-bond acceptors (Lipinski definition) is 5. The van der Waals surface area contributed by atoms with Crippen molar-refractivity contribution in [3.63, 3.8) is 0 Å². The van der Waals surface area contributed by atoms with Crippen LogP contribution in [0.1, 0.15) is 31.0 Å². The van der Waals surface area contributed by atoms with Gasteiger partial charge in [0.25, 0.3) is 0 Å². The molecule has 0 atom stereocenters. The summed E-state index contributed by atoms with van der Waals surface area (Å²) in [6.45, 7) is 2.12. The molecule has 0 aliphatic heterocycles. The molecule has 0 N–H and O–H groups in total. The highest BCUT2D eigenvalue weighted by Gasteiger charge is 2.22. The van der Waals surface area contributed by atoms with E-state index >= 15 is 0 Å². The molecule has 1 aliphatic carbocycles. The van der Waals surface area contributed by atoms with Gasteiger partial charge in [0.15, 0.2) is 5.75 Å². The van der Waals surface area contributed by atoms with Gasteiger partial charge in [0.1, 0.15) is 18.3 Å². The second-order valence-electron chi connectivity index (χ2n) is 5.20. The van der Waals surface area contributed by atoms with E-state index in [1.54, 1.807) is 22.9 Å². The van der Waals surface area contributed by atoms with E-state index in [2.05, 4.69) is 11.1 Å². The van der Waals surface area contributed by atoms with Crippen LogP contribution in [0.2, 0.25) is 0 Å². The van der Waals surface area contributed by atoms with Gasteiger partial charge in [0.2, 0.25) is 0 Å². The quantitative estimate of drug-likeness (QED) is 0.786. The average Bonchev–Trinajstić information content (AvgIpc) is 3.20. The minimum Gasteiger partial charge on any atom is -0.490 e. The summed E-state index contributed by atoms with van der Waals surface area (Å²) in [4.78, 5) is 15.1. The van der Waals surface area contributed by atoms with Gasteiger partial charge in [-0.25, -0.2) is 4.98 Å². The third-order valence-electron chi connectivity index (χ3n) is 3.32. The van der Waals surface area contributed by atoms with Gasteiger partial charge in [-0.3, -0.25) is 4.79 Å². The van der Waals surface area contributed by atoms with Crippen molar-refractivity contribution in [3.8, 4) is 11.8 Å². The minimum atomic E-state index is -0.349. The second kappa shape index (κ2) is 5.44. The predicted molar refractivity (Wildman–Crippen MR) is 73.6 cm³/mol. The number of hydrogen-bond donors (Lipinski definition) is 0. The summed E-state index contributed by atoms with van der Waals surface area (Å²) in [5, 5.41) is 9.21. The minimum absolute atomic E-state index is 0.122. The second-order valence-corrected chi connectivity index (χ2v) is 5.20. The van der Waals surface area contributed by atoms with Gasteiger partial charge in [-0.1, -0.05) is 0 Å². The largest absolute Gasteiger partial charge is 0.490 e. The van der Waals surface area contributed by atoms with Crippen molar-refractivity contribution >= 4 is 11.6 Å². The highest BCUT2D eigenvalue weighted by Crippen LogP contribution is 2.30. The molecule has 2 heterocycles. The van der Waals surface area contributed by atoms with Gasteiger partial charge >= 0.3 is 5.97 Å². The van der Waals surface area contributed by atoms with E-state index in [1.807, 2.05) is 0 Å². The monoisotopic (exact) mass is 285 g/mol. The molecular formula is C15H15N3O3. The molecule has 21 heavy (non-hydrogen) atoms. The topological polar surface area (TPSA) is 76.6 Å².